The molecule has 8 heteroatoms. The molecule has 0 spiro atoms. The van der Waals surface area contributed by atoms with Crippen molar-refractivity contribution in [3.05, 3.63) is 65.2 Å². The van der Waals surface area contributed by atoms with Gasteiger partial charge in [0.25, 0.3) is 0 Å². The Morgan fingerprint density at radius 3 is 2.72 bits per heavy atom. The first-order chi connectivity index (χ1) is 12.1. The van der Waals surface area contributed by atoms with E-state index < -0.39 is 0 Å². The third kappa shape index (κ3) is 3.16. The standard InChI is InChI=1S/C17H14FN5OS/c1-10-8-12(18)4-7-14(10)19-16-22-23-15(20-21-17(23)25-16)9-11-2-5-13(24)6-3-11/h2-8,24H,9H2,1H3,(H,19,22). The van der Waals surface area contributed by atoms with Crippen molar-refractivity contribution in [3.8, 4) is 5.75 Å². The summed E-state index contributed by atoms with van der Waals surface area (Å²) in [6.07, 6.45) is 0.556. The number of aromatic nitrogens is 4. The van der Waals surface area contributed by atoms with Crippen LogP contribution in [0.2, 0.25) is 0 Å². The molecule has 0 saturated carbocycles. The largest absolute Gasteiger partial charge is 0.508 e. The van der Waals surface area contributed by atoms with E-state index in [-0.39, 0.29) is 11.6 Å². The topological polar surface area (TPSA) is 75.3 Å². The summed E-state index contributed by atoms with van der Waals surface area (Å²) < 4.78 is 14.9. The zero-order chi connectivity index (χ0) is 17.4. The van der Waals surface area contributed by atoms with Gasteiger partial charge >= 0.3 is 0 Å². The fourth-order valence-electron chi connectivity index (χ4n) is 2.50. The molecule has 0 amide bonds. The lowest BCUT2D eigenvalue weighted by atomic mass is 10.1. The monoisotopic (exact) mass is 355 g/mol. The van der Waals surface area contributed by atoms with Gasteiger partial charge in [0.2, 0.25) is 10.1 Å². The normalized spacial score (nSPS) is 11.1. The van der Waals surface area contributed by atoms with E-state index in [1.807, 2.05) is 19.1 Å². The zero-order valence-corrected chi connectivity index (χ0v) is 14.1. The predicted octanol–water partition coefficient (Wildman–Crippen LogP) is 3.67. The summed E-state index contributed by atoms with van der Waals surface area (Å²) in [6.45, 7) is 1.84. The van der Waals surface area contributed by atoms with Gasteiger partial charge in [-0.05, 0) is 48.4 Å². The second kappa shape index (κ2) is 6.14. The third-order valence-electron chi connectivity index (χ3n) is 3.78. The quantitative estimate of drug-likeness (QED) is 0.584. The summed E-state index contributed by atoms with van der Waals surface area (Å²) in [4.78, 5) is 0.677. The van der Waals surface area contributed by atoms with Crippen LogP contribution in [0, 0.1) is 12.7 Å². The number of aryl methyl sites for hydroxylation is 1. The molecule has 0 fully saturated rings. The minimum Gasteiger partial charge on any atom is -0.508 e. The molecule has 4 aromatic rings. The fourth-order valence-corrected chi connectivity index (χ4v) is 3.27. The number of phenols is 1. The van der Waals surface area contributed by atoms with Crippen LogP contribution in [0.25, 0.3) is 4.96 Å². The van der Waals surface area contributed by atoms with Crippen LogP contribution in [0.3, 0.4) is 0 Å². The molecular formula is C17H14FN5OS. The van der Waals surface area contributed by atoms with E-state index in [9.17, 15) is 9.50 Å². The Bertz CT molecular complexity index is 1040. The van der Waals surface area contributed by atoms with E-state index in [1.54, 1.807) is 22.7 Å². The van der Waals surface area contributed by atoms with Gasteiger partial charge in [-0.2, -0.15) is 4.52 Å². The van der Waals surface area contributed by atoms with Crippen LogP contribution in [0.15, 0.2) is 42.5 Å². The highest BCUT2D eigenvalue weighted by Crippen LogP contribution is 2.26. The highest BCUT2D eigenvalue weighted by molar-refractivity contribution is 7.20. The number of hydrogen-bond donors (Lipinski definition) is 2. The van der Waals surface area contributed by atoms with Crippen LogP contribution in [0.5, 0.6) is 5.75 Å². The number of nitrogens with one attached hydrogen (secondary N) is 1. The van der Waals surface area contributed by atoms with E-state index in [0.717, 1.165) is 16.8 Å². The van der Waals surface area contributed by atoms with Gasteiger partial charge in [0.1, 0.15) is 11.6 Å². The molecule has 2 N–H and O–H groups in total. The van der Waals surface area contributed by atoms with Crippen molar-refractivity contribution < 1.29 is 9.50 Å². The first kappa shape index (κ1) is 15.5. The van der Waals surface area contributed by atoms with Gasteiger partial charge in [0.15, 0.2) is 5.82 Å². The summed E-state index contributed by atoms with van der Waals surface area (Å²) >= 11 is 1.37. The molecule has 126 valence electrons. The number of benzene rings is 2. The molecule has 0 bridgehead atoms. The number of hydrogen-bond acceptors (Lipinski definition) is 6. The van der Waals surface area contributed by atoms with Crippen LogP contribution in [0.1, 0.15) is 17.0 Å². The molecule has 25 heavy (non-hydrogen) atoms. The van der Waals surface area contributed by atoms with Gasteiger partial charge in [0.05, 0.1) is 0 Å². The molecule has 6 nitrogen and oxygen atoms in total. The van der Waals surface area contributed by atoms with Crippen LogP contribution >= 0.6 is 11.3 Å². The van der Waals surface area contributed by atoms with Crippen molar-refractivity contribution >= 4 is 27.1 Å². The molecule has 0 unspecified atom stereocenters. The molecule has 2 aromatic carbocycles. The van der Waals surface area contributed by atoms with Gasteiger partial charge in [-0.25, -0.2) is 4.39 Å². The number of anilines is 2. The number of nitrogens with zero attached hydrogens (tertiary/aromatic N) is 4. The Hall–Kier alpha value is -3.00. The van der Waals surface area contributed by atoms with Crippen molar-refractivity contribution in [2.24, 2.45) is 0 Å². The number of aromatic hydroxyl groups is 1. The van der Waals surface area contributed by atoms with Gasteiger partial charge in [-0.3, -0.25) is 0 Å². The lowest BCUT2D eigenvalue weighted by Crippen LogP contribution is -1.99. The minimum atomic E-state index is -0.266. The molecule has 0 aliphatic rings. The average Bonchev–Trinajstić information content (AvgIpc) is 3.14. The number of phenolic OH excluding ortho intramolecular Hbond substituents is 1. The zero-order valence-electron chi connectivity index (χ0n) is 13.3. The lowest BCUT2D eigenvalue weighted by molar-refractivity contribution is 0.475. The van der Waals surface area contributed by atoms with E-state index in [4.69, 9.17) is 0 Å². The molecule has 2 aromatic heterocycles. The minimum absolute atomic E-state index is 0.227. The smallest absolute Gasteiger partial charge is 0.236 e. The van der Waals surface area contributed by atoms with Crippen LogP contribution in [-0.2, 0) is 6.42 Å². The van der Waals surface area contributed by atoms with Crippen molar-refractivity contribution in [2.75, 3.05) is 5.32 Å². The highest BCUT2D eigenvalue weighted by atomic mass is 32.1. The Balaban J connectivity index is 1.60. The Kier molecular flexibility index (Phi) is 3.81. The first-order valence-corrected chi connectivity index (χ1v) is 8.42. The maximum Gasteiger partial charge on any atom is 0.236 e. The maximum absolute atomic E-state index is 13.2. The maximum atomic E-state index is 13.2. The third-order valence-corrected chi connectivity index (χ3v) is 4.60. The second-order valence-electron chi connectivity index (χ2n) is 5.65. The van der Waals surface area contributed by atoms with Crippen molar-refractivity contribution in [1.82, 2.24) is 19.8 Å². The molecule has 4 rings (SSSR count). The summed E-state index contributed by atoms with van der Waals surface area (Å²) in [6, 6.07) is 11.5. The average molecular weight is 355 g/mol. The van der Waals surface area contributed by atoms with Crippen LogP contribution in [0.4, 0.5) is 15.2 Å². The van der Waals surface area contributed by atoms with E-state index in [1.165, 1.54) is 23.5 Å². The summed E-state index contributed by atoms with van der Waals surface area (Å²) in [5.74, 6) is 0.670. The second-order valence-corrected chi connectivity index (χ2v) is 6.60. The SMILES string of the molecule is Cc1cc(F)ccc1Nc1nn2c(Cc3ccc(O)cc3)nnc2s1. The number of rotatable bonds is 4. The molecular weight excluding hydrogens is 341 g/mol. The Morgan fingerprint density at radius 2 is 1.96 bits per heavy atom. The summed E-state index contributed by atoms with van der Waals surface area (Å²) in [5, 5.41) is 26.0. The molecule has 0 aliphatic carbocycles. The molecule has 0 radical (unpaired) electrons. The molecule has 0 saturated heterocycles. The summed E-state index contributed by atoms with van der Waals surface area (Å²) in [5.41, 5.74) is 2.60. The predicted molar refractivity (Wildman–Crippen MR) is 94.0 cm³/mol. The molecule has 2 heterocycles. The summed E-state index contributed by atoms with van der Waals surface area (Å²) in [7, 11) is 0. The Labute approximate surface area is 146 Å². The molecule has 0 atom stereocenters. The van der Waals surface area contributed by atoms with Crippen LogP contribution in [-0.4, -0.2) is 24.9 Å². The van der Waals surface area contributed by atoms with Gasteiger partial charge in [-0.15, -0.1) is 15.3 Å². The van der Waals surface area contributed by atoms with Crippen molar-refractivity contribution in [3.63, 3.8) is 0 Å². The number of fused-ring (bicyclic) bond motifs is 1. The lowest BCUT2D eigenvalue weighted by Gasteiger charge is -2.05. The Morgan fingerprint density at radius 1 is 1.16 bits per heavy atom. The highest BCUT2D eigenvalue weighted by Gasteiger charge is 2.13. The first-order valence-electron chi connectivity index (χ1n) is 7.61. The molecule has 0 aliphatic heterocycles. The van der Waals surface area contributed by atoms with Gasteiger partial charge in [0, 0.05) is 12.1 Å². The van der Waals surface area contributed by atoms with Crippen LogP contribution < -0.4 is 5.32 Å². The van der Waals surface area contributed by atoms with E-state index >= 15 is 0 Å². The van der Waals surface area contributed by atoms with Crippen molar-refractivity contribution in [2.45, 2.75) is 13.3 Å². The number of halogens is 1. The van der Waals surface area contributed by atoms with Gasteiger partial charge < -0.3 is 10.4 Å². The fraction of sp³-hybridized carbons (Fsp3) is 0.118. The van der Waals surface area contributed by atoms with E-state index in [2.05, 4.69) is 20.6 Å². The van der Waals surface area contributed by atoms with Crippen molar-refractivity contribution in [1.29, 1.82) is 0 Å². The van der Waals surface area contributed by atoms with E-state index in [0.29, 0.717) is 22.3 Å². The van der Waals surface area contributed by atoms with Gasteiger partial charge in [-0.1, -0.05) is 23.5 Å².